The van der Waals surface area contributed by atoms with Crippen LogP contribution in [0, 0.1) is 0 Å². The van der Waals surface area contributed by atoms with Crippen LogP contribution in [0.4, 0.5) is 5.95 Å². The number of aromatic amines is 1. The number of pyridine rings is 1. The Bertz CT molecular complexity index is 1390. The average Bonchev–Trinajstić information content (AvgIpc) is 3.54. The number of ether oxygens (including phenoxy) is 2. The van der Waals surface area contributed by atoms with Gasteiger partial charge in [-0.15, -0.1) is 0 Å². The molecule has 0 saturated heterocycles. The number of methoxy groups -OCH3 is 1. The molecule has 2 N–H and O–H groups in total. The molecule has 5 rings (SSSR count). The molecule has 8 heteroatoms. The Morgan fingerprint density at radius 2 is 1.77 bits per heavy atom. The lowest BCUT2D eigenvalue weighted by Gasteiger charge is -2.07. The van der Waals surface area contributed by atoms with Gasteiger partial charge in [-0.05, 0) is 60.5 Å². The number of rotatable bonds is 10. The van der Waals surface area contributed by atoms with Crippen molar-refractivity contribution in [1.82, 2.24) is 24.6 Å². The summed E-state index contributed by atoms with van der Waals surface area (Å²) in [7, 11) is 1.67. The van der Waals surface area contributed by atoms with Crippen LogP contribution in [0.5, 0.6) is 11.5 Å². The van der Waals surface area contributed by atoms with E-state index in [4.69, 9.17) is 19.6 Å². The summed E-state index contributed by atoms with van der Waals surface area (Å²) in [5, 5.41) is 8.00. The quantitative estimate of drug-likeness (QED) is 0.287. The standard InChI is InChI=1S/C27H28N6O2/c1-3-21-18-29-27(30-21)28-15-16-35-23-11-7-19(8-12-23)17-25-31-26-6-4-5-24(33(26)32-25)20-9-13-22(34-2)14-10-20/h4-14,18H,3,15-17H2,1-2H3,(H2,28,29,30). The van der Waals surface area contributed by atoms with Crippen LogP contribution in [0.2, 0.25) is 0 Å². The first-order chi connectivity index (χ1) is 17.2. The van der Waals surface area contributed by atoms with Crippen molar-refractivity contribution in [3.63, 3.8) is 0 Å². The van der Waals surface area contributed by atoms with Crippen LogP contribution in [0.1, 0.15) is 24.0 Å². The third-order valence-corrected chi connectivity index (χ3v) is 5.75. The van der Waals surface area contributed by atoms with Crippen molar-refractivity contribution in [2.45, 2.75) is 19.8 Å². The van der Waals surface area contributed by atoms with Crippen LogP contribution >= 0.6 is 0 Å². The number of aryl methyl sites for hydroxylation is 1. The Kier molecular flexibility index (Phi) is 6.61. The van der Waals surface area contributed by atoms with Crippen molar-refractivity contribution in [1.29, 1.82) is 0 Å². The molecular formula is C27H28N6O2. The molecule has 0 radical (unpaired) electrons. The normalized spacial score (nSPS) is 11.0. The molecular weight excluding hydrogens is 440 g/mol. The monoisotopic (exact) mass is 468 g/mol. The van der Waals surface area contributed by atoms with Crippen molar-refractivity contribution in [3.8, 4) is 22.8 Å². The number of imidazole rings is 1. The fraction of sp³-hybridized carbons (Fsp3) is 0.222. The summed E-state index contributed by atoms with van der Waals surface area (Å²) in [6.45, 7) is 3.30. The molecule has 0 aliphatic rings. The minimum atomic E-state index is 0.545. The number of fused-ring (bicyclic) bond motifs is 1. The van der Waals surface area contributed by atoms with E-state index in [0.717, 1.165) is 57.9 Å². The van der Waals surface area contributed by atoms with Gasteiger partial charge in [-0.25, -0.2) is 14.5 Å². The lowest BCUT2D eigenvalue weighted by atomic mass is 10.1. The van der Waals surface area contributed by atoms with Crippen LogP contribution in [-0.4, -0.2) is 44.8 Å². The van der Waals surface area contributed by atoms with Crippen LogP contribution in [-0.2, 0) is 12.8 Å². The fourth-order valence-electron chi connectivity index (χ4n) is 3.86. The van der Waals surface area contributed by atoms with Crippen LogP contribution < -0.4 is 14.8 Å². The van der Waals surface area contributed by atoms with E-state index in [-0.39, 0.29) is 0 Å². The summed E-state index contributed by atoms with van der Waals surface area (Å²) < 4.78 is 13.0. The summed E-state index contributed by atoms with van der Waals surface area (Å²) in [6.07, 6.45) is 3.43. The first kappa shape index (κ1) is 22.5. The number of nitrogens with one attached hydrogen (secondary N) is 2. The summed E-state index contributed by atoms with van der Waals surface area (Å²) in [4.78, 5) is 12.2. The predicted molar refractivity (Wildman–Crippen MR) is 136 cm³/mol. The highest BCUT2D eigenvalue weighted by Gasteiger charge is 2.10. The van der Waals surface area contributed by atoms with Gasteiger partial charge in [-0.1, -0.05) is 25.1 Å². The van der Waals surface area contributed by atoms with E-state index in [2.05, 4.69) is 34.3 Å². The Morgan fingerprint density at radius 1 is 0.971 bits per heavy atom. The number of H-pyrrole nitrogens is 1. The second-order valence-corrected chi connectivity index (χ2v) is 8.14. The lowest BCUT2D eigenvalue weighted by molar-refractivity contribution is 0.332. The number of anilines is 1. The lowest BCUT2D eigenvalue weighted by Crippen LogP contribution is -2.12. The number of benzene rings is 2. The molecule has 8 nitrogen and oxygen atoms in total. The van der Waals surface area contributed by atoms with Gasteiger partial charge >= 0.3 is 0 Å². The van der Waals surface area contributed by atoms with E-state index in [1.54, 1.807) is 7.11 Å². The molecule has 3 heterocycles. The van der Waals surface area contributed by atoms with Gasteiger partial charge in [0, 0.05) is 17.7 Å². The molecule has 5 aromatic rings. The summed E-state index contributed by atoms with van der Waals surface area (Å²) >= 11 is 0. The van der Waals surface area contributed by atoms with Crippen molar-refractivity contribution in [2.75, 3.05) is 25.6 Å². The second-order valence-electron chi connectivity index (χ2n) is 8.14. The van der Waals surface area contributed by atoms with Crippen molar-refractivity contribution < 1.29 is 9.47 Å². The van der Waals surface area contributed by atoms with Crippen LogP contribution in [0.25, 0.3) is 16.9 Å². The van der Waals surface area contributed by atoms with Crippen LogP contribution in [0.3, 0.4) is 0 Å². The van der Waals surface area contributed by atoms with Gasteiger partial charge in [-0.2, -0.15) is 5.10 Å². The summed E-state index contributed by atoms with van der Waals surface area (Å²) in [6, 6.07) is 22.0. The molecule has 0 aliphatic carbocycles. The molecule has 2 aromatic carbocycles. The Hall–Kier alpha value is -4.33. The summed E-state index contributed by atoms with van der Waals surface area (Å²) in [5.41, 5.74) is 5.10. The topological polar surface area (TPSA) is 89.4 Å². The van der Waals surface area contributed by atoms with Gasteiger partial charge in [-0.3, -0.25) is 0 Å². The minimum absolute atomic E-state index is 0.545. The van der Waals surface area contributed by atoms with Gasteiger partial charge < -0.3 is 19.8 Å². The molecule has 0 bridgehead atoms. The second kappa shape index (κ2) is 10.3. The molecule has 0 spiro atoms. The Morgan fingerprint density at radius 3 is 2.51 bits per heavy atom. The fourth-order valence-corrected chi connectivity index (χ4v) is 3.86. The molecule has 0 aliphatic heterocycles. The molecule has 35 heavy (non-hydrogen) atoms. The SMILES string of the molecule is CCc1cnc(NCCOc2ccc(Cc3nc4cccc(-c5ccc(OC)cc5)n4n3)cc2)[nH]1. The van der Waals surface area contributed by atoms with Gasteiger partial charge in [0.2, 0.25) is 0 Å². The van der Waals surface area contributed by atoms with E-state index in [1.165, 1.54) is 0 Å². The first-order valence-electron chi connectivity index (χ1n) is 11.7. The number of hydrogen-bond donors (Lipinski definition) is 2. The van der Waals surface area contributed by atoms with Crippen molar-refractivity contribution in [3.05, 3.63) is 90.0 Å². The smallest absolute Gasteiger partial charge is 0.200 e. The maximum absolute atomic E-state index is 5.85. The molecule has 0 saturated carbocycles. The highest BCUT2D eigenvalue weighted by molar-refractivity contribution is 5.63. The van der Waals surface area contributed by atoms with Crippen molar-refractivity contribution >= 4 is 11.6 Å². The molecule has 0 amide bonds. The van der Waals surface area contributed by atoms with E-state index in [0.29, 0.717) is 19.6 Å². The molecule has 0 fully saturated rings. The Balaban J connectivity index is 1.20. The first-order valence-corrected chi connectivity index (χ1v) is 11.7. The number of hydrogen-bond acceptors (Lipinski definition) is 6. The zero-order valence-electron chi connectivity index (χ0n) is 19.9. The number of aromatic nitrogens is 5. The highest BCUT2D eigenvalue weighted by Crippen LogP contribution is 2.23. The highest BCUT2D eigenvalue weighted by atomic mass is 16.5. The minimum Gasteiger partial charge on any atom is -0.497 e. The summed E-state index contributed by atoms with van der Waals surface area (Å²) in [5.74, 6) is 3.20. The molecule has 0 atom stereocenters. The third-order valence-electron chi connectivity index (χ3n) is 5.75. The maximum atomic E-state index is 5.85. The zero-order valence-corrected chi connectivity index (χ0v) is 19.9. The van der Waals surface area contributed by atoms with Gasteiger partial charge in [0.1, 0.15) is 18.1 Å². The van der Waals surface area contributed by atoms with Crippen molar-refractivity contribution in [2.24, 2.45) is 0 Å². The maximum Gasteiger partial charge on any atom is 0.200 e. The number of nitrogens with zero attached hydrogens (tertiary/aromatic N) is 4. The van der Waals surface area contributed by atoms with Gasteiger partial charge in [0.05, 0.1) is 25.5 Å². The van der Waals surface area contributed by atoms with E-state index in [1.807, 2.05) is 65.3 Å². The van der Waals surface area contributed by atoms with E-state index in [9.17, 15) is 0 Å². The molecule has 178 valence electrons. The molecule has 0 unspecified atom stereocenters. The predicted octanol–water partition coefficient (Wildman–Crippen LogP) is 4.77. The third kappa shape index (κ3) is 5.27. The molecule has 3 aromatic heterocycles. The Labute approximate surface area is 204 Å². The van der Waals surface area contributed by atoms with Crippen LogP contribution in [0.15, 0.2) is 72.9 Å². The average molecular weight is 469 g/mol. The van der Waals surface area contributed by atoms with Gasteiger partial charge in [0.25, 0.3) is 0 Å². The van der Waals surface area contributed by atoms with E-state index >= 15 is 0 Å². The largest absolute Gasteiger partial charge is 0.497 e. The zero-order chi connectivity index (χ0) is 24.0. The van der Waals surface area contributed by atoms with E-state index < -0.39 is 0 Å². The van der Waals surface area contributed by atoms with Gasteiger partial charge in [0.15, 0.2) is 17.4 Å².